The summed E-state index contributed by atoms with van der Waals surface area (Å²) in [7, 11) is 0. The van der Waals surface area contributed by atoms with Crippen LogP contribution in [0, 0.1) is 0 Å². The number of carboxylic acids is 1. The number of hydrogen-bond acceptors (Lipinski definition) is 13. The summed E-state index contributed by atoms with van der Waals surface area (Å²) in [4.78, 5) is 97.7. The number of fused-ring (bicyclic) bond motifs is 2. The second kappa shape index (κ2) is 27.4. The third-order valence-corrected chi connectivity index (χ3v) is 9.57. The summed E-state index contributed by atoms with van der Waals surface area (Å²) in [5.74, 6) is -4.23. The van der Waals surface area contributed by atoms with Crippen LogP contribution in [0.4, 0.5) is 0 Å². The van der Waals surface area contributed by atoms with E-state index < -0.39 is 71.3 Å². The number of carbonyl (C=O) groups is 8. The molecule has 0 saturated carbocycles. The first-order chi connectivity index (χ1) is 32.0. The Kier molecular flexibility index (Phi) is 23.3. The molecule has 18 nitrogen and oxygen atoms in total. The molecule has 0 unspecified atom stereocenters. The van der Waals surface area contributed by atoms with E-state index in [4.69, 9.17) is 29.8 Å². The fourth-order valence-corrected chi connectivity index (χ4v) is 6.78. The van der Waals surface area contributed by atoms with Crippen LogP contribution in [0.1, 0.15) is 132 Å². The van der Waals surface area contributed by atoms with Crippen LogP contribution in [-0.2, 0) is 70.1 Å². The molecule has 0 radical (unpaired) electrons. The zero-order valence-electron chi connectivity index (χ0n) is 42.1. The summed E-state index contributed by atoms with van der Waals surface area (Å²) in [6, 6.07) is 11.9. The second-order valence-electron chi connectivity index (χ2n) is 19.1. The minimum Gasteiger partial charge on any atom is -0.480 e. The zero-order chi connectivity index (χ0) is 52.2. The van der Waals surface area contributed by atoms with Crippen molar-refractivity contribution in [3.05, 3.63) is 77.5 Å². The van der Waals surface area contributed by atoms with Gasteiger partial charge in [0.15, 0.2) is 0 Å². The number of H-pyrrole nitrogens is 1. The molecule has 0 fully saturated rings. The molecule has 1 aromatic heterocycles. The first kappa shape index (κ1) is 58.6. The number of aromatic nitrogens is 1. The van der Waals surface area contributed by atoms with Crippen LogP contribution in [0.2, 0.25) is 0 Å². The number of carbonyl (C=O) groups excluding carboxylic acids is 7. The van der Waals surface area contributed by atoms with Crippen LogP contribution in [0.5, 0.6) is 0 Å². The molecule has 69 heavy (non-hydrogen) atoms. The van der Waals surface area contributed by atoms with Gasteiger partial charge in [0.1, 0.15) is 35.4 Å². The normalized spacial score (nSPS) is 13.6. The highest BCUT2D eigenvalue weighted by Crippen LogP contribution is 2.30. The molecule has 1 heterocycles. The monoisotopic (exact) mass is 964 g/mol. The van der Waals surface area contributed by atoms with Gasteiger partial charge in [-0.2, -0.15) is 0 Å². The summed E-state index contributed by atoms with van der Waals surface area (Å²) in [5, 5.41) is 17.8. The van der Waals surface area contributed by atoms with E-state index in [0.29, 0.717) is 6.42 Å². The predicted octanol–water partition coefficient (Wildman–Crippen LogP) is 5.77. The van der Waals surface area contributed by atoms with Gasteiger partial charge in [-0.05, 0) is 117 Å². The Morgan fingerprint density at radius 3 is 1.75 bits per heavy atom. The first-order valence-corrected chi connectivity index (χ1v) is 23.0. The van der Waals surface area contributed by atoms with Gasteiger partial charge < -0.3 is 50.7 Å². The SMILES string of the molecule is CC(=O)N[C@@H](CC1=CCc2ccccc21)C(=O)O.CC(=O)N[C@@H](Cc1c[nH]c2ccccc12)C(=O)N[C@@H](CCC(=O)OC(C)(C)C)C(=O)OC(C)C.CC(C)OC(=O)[C@@H](N)CCC(=O)OC(C)(C)C. The minimum absolute atomic E-state index is 0.00604. The van der Waals surface area contributed by atoms with E-state index in [1.54, 1.807) is 75.4 Å². The average Bonchev–Trinajstić information content (AvgIpc) is 3.83. The molecule has 0 saturated heterocycles. The summed E-state index contributed by atoms with van der Waals surface area (Å²) in [6.07, 6.45) is 4.88. The zero-order valence-corrected chi connectivity index (χ0v) is 42.1. The predicted molar refractivity (Wildman–Crippen MR) is 260 cm³/mol. The maximum Gasteiger partial charge on any atom is 0.328 e. The average molecular weight is 964 g/mol. The lowest BCUT2D eigenvalue weighted by molar-refractivity contribution is -0.157. The van der Waals surface area contributed by atoms with Gasteiger partial charge in [-0.1, -0.05) is 48.5 Å². The van der Waals surface area contributed by atoms with Crippen LogP contribution in [0.3, 0.4) is 0 Å². The Balaban J connectivity index is 0.000000392. The topological polar surface area (TPSA) is 272 Å². The van der Waals surface area contributed by atoms with Crippen molar-refractivity contribution in [3.8, 4) is 0 Å². The first-order valence-electron chi connectivity index (χ1n) is 23.0. The molecule has 2 aromatic carbocycles. The van der Waals surface area contributed by atoms with E-state index in [1.165, 1.54) is 19.4 Å². The van der Waals surface area contributed by atoms with Crippen LogP contribution in [-0.4, -0.2) is 105 Å². The number of aromatic amines is 1. The van der Waals surface area contributed by atoms with Crippen molar-refractivity contribution >= 4 is 64.0 Å². The van der Waals surface area contributed by atoms with Crippen LogP contribution < -0.4 is 21.7 Å². The van der Waals surface area contributed by atoms with Crippen molar-refractivity contribution in [2.24, 2.45) is 5.73 Å². The molecule has 4 rings (SSSR count). The smallest absolute Gasteiger partial charge is 0.328 e. The molecule has 0 spiro atoms. The number of nitrogens with one attached hydrogen (secondary N) is 4. The number of benzene rings is 2. The number of para-hydroxylation sites is 1. The van der Waals surface area contributed by atoms with E-state index in [2.05, 4.69) is 20.9 Å². The lowest BCUT2D eigenvalue weighted by Crippen LogP contribution is -2.52. The molecule has 3 aromatic rings. The largest absolute Gasteiger partial charge is 0.480 e. The molecule has 0 aliphatic heterocycles. The molecule has 1 aliphatic carbocycles. The highest BCUT2D eigenvalue weighted by molar-refractivity contribution is 5.92. The van der Waals surface area contributed by atoms with Crippen molar-refractivity contribution in [2.45, 2.75) is 176 Å². The van der Waals surface area contributed by atoms with Gasteiger partial charge in [0.2, 0.25) is 17.7 Å². The number of esters is 4. The highest BCUT2D eigenvalue weighted by Gasteiger charge is 2.30. The Labute approximate surface area is 405 Å². The van der Waals surface area contributed by atoms with E-state index in [1.807, 2.05) is 54.6 Å². The number of carboxylic acid groups (broad SMARTS) is 1. The van der Waals surface area contributed by atoms with Crippen molar-refractivity contribution in [2.75, 3.05) is 0 Å². The van der Waals surface area contributed by atoms with Crippen LogP contribution in [0.25, 0.3) is 16.5 Å². The molecular weight excluding hydrogens is 891 g/mol. The van der Waals surface area contributed by atoms with E-state index in [9.17, 15) is 38.4 Å². The van der Waals surface area contributed by atoms with Crippen LogP contribution >= 0.6 is 0 Å². The maximum atomic E-state index is 13.2. The second-order valence-corrected chi connectivity index (χ2v) is 19.1. The van der Waals surface area contributed by atoms with Crippen molar-refractivity contribution in [1.29, 1.82) is 0 Å². The van der Waals surface area contributed by atoms with Gasteiger partial charge in [0.05, 0.1) is 12.2 Å². The Bertz CT molecular complexity index is 2270. The number of aliphatic carboxylic acids is 1. The maximum absolute atomic E-state index is 13.2. The molecule has 380 valence electrons. The molecule has 4 atom stereocenters. The summed E-state index contributed by atoms with van der Waals surface area (Å²) in [5.41, 5.74) is 9.47. The quantitative estimate of drug-likeness (QED) is 0.0616. The number of allylic oxidation sites excluding steroid dienone is 1. The Morgan fingerprint density at radius 2 is 1.20 bits per heavy atom. The number of amides is 3. The fraction of sp³-hybridized carbons (Fsp3) is 0.529. The van der Waals surface area contributed by atoms with Gasteiger partial charge in [0.25, 0.3) is 0 Å². The molecule has 0 bridgehead atoms. The number of hydrogen-bond donors (Lipinski definition) is 6. The molecule has 18 heteroatoms. The molecule has 1 aliphatic rings. The lowest BCUT2D eigenvalue weighted by Gasteiger charge is -2.24. The van der Waals surface area contributed by atoms with Gasteiger partial charge >= 0.3 is 29.8 Å². The van der Waals surface area contributed by atoms with Gasteiger partial charge in [-0.15, -0.1) is 0 Å². The number of ether oxygens (including phenoxy) is 4. The van der Waals surface area contributed by atoms with E-state index in [0.717, 1.165) is 34.0 Å². The summed E-state index contributed by atoms with van der Waals surface area (Å²) in [6.45, 7) is 20.2. The number of nitrogens with two attached hydrogens (primary N) is 1. The summed E-state index contributed by atoms with van der Waals surface area (Å²) < 4.78 is 20.6. The lowest BCUT2D eigenvalue weighted by atomic mass is 10.00. The van der Waals surface area contributed by atoms with Crippen LogP contribution in [0.15, 0.2) is 60.8 Å². The standard InChI is InChI=1S/C25H35N3O6.C14H15NO3.C12H23NO4/c1-15(2)33-24(32)20(11-12-22(30)34-25(4,5)6)28-23(31)21(27-16(3)29)13-17-14-26-19-10-8-7-9-18(17)19;1-9(16)15-13(14(17)18)8-11-7-6-10-4-2-3-5-12(10)11;1-8(2)16-11(15)9(13)6-7-10(14)17-12(3,4)5/h7-10,14-15,20-21,26H,11-13H2,1-6H3,(H,27,29)(H,28,31);2-5,7,13H,6,8H2,1H3,(H,15,16)(H,17,18);8-9H,6-7,13H2,1-5H3/t20-,21-;13-;9-/m000/s1. The third-order valence-electron chi connectivity index (χ3n) is 9.57. The molecular formula is C51H73N5O13. The van der Waals surface area contributed by atoms with Crippen molar-refractivity contribution < 1.29 is 62.4 Å². The van der Waals surface area contributed by atoms with Gasteiger partial charge in [-0.25, -0.2) is 9.59 Å². The third kappa shape index (κ3) is 22.9. The fourth-order valence-electron chi connectivity index (χ4n) is 6.78. The molecule has 7 N–H and O–H groups in total. The Morgan fingerprint density at radius 1 is 0.681 bits per heavy atom. The van der Waals surface area contributed by atoms with Crippen molar-refractivity contribution in [3.63, 3.8) is 0 Å². The molecule has 3 amide bonds. The minimum atomic E-state index is -1.07. The Hall–Kier alpha value is -6.56. The van der Waals surface area contributed by atoms with E-state index in [-0.39, 0.29) is 56.0 Å². The van der Waals surface area contributed by atoms with Crippen molar-refractivity contribution in [1.82, 2.24) is 20.9 Å². The number of rotatable bonds is 19. The highest BCUT2D eigenvalue weighted by atomic mass is 16.6. The van der Waals surface area contributed by atoms with Gasteiger partial charge in [0, 0.05) is 56.6 Å². The van der Waals surface area contributed by atoms with E-state index >= 15 is 0 Å². The summed E-state index contributed by atoms with van der Waals surface area (Å²) >= 11 is 0. The van der Waals surface area contributed by atoms with Gasteiger partial charge in [-0.3, -0.25) is 28.8 Å².